The molecule has 0 bridgehead atoms. The lowest BCUT2D eigenvalue weighted by Gasteiger charge is -2.04. The second kappa shape index (κ2) is 24.5. The van der Waals surface area contributed by atoms with Gasteiger partial charge in [-0.2, -0.15) is 0 Å². The highest BCUT2D eigenvalue weighted by Crippen LogP contribution is 2.10. The lowest BCUT2D eigenvalue weighted by Crippen LogP contribution is -2.06. The van der Waals surface area contributed by atoms with Crippen molar-refractivity contribution >= 4 is 35.1 Å². The topological polar surface area (TPSA) is 52.6 Å². The quantitative estimate of drug-likeness (QED) is 0.0726. The predicted molar refractivity (Wildman–Crippen MR) is 126 cm³/mol. The minimum Gasteiger partial charge on any atom is -0.463 e. The first-order valence-electron chi connectivity index (χ1n) is 11.8. The van der Waals surface area contributed by atoms with Gasteiger partial charge in [0.15, 0.2) is 0 Å². The van der Waals surface area contributed by atoms with Crippen LogP contribution in [0, 0.1) is 0 Å². The molecule has 0 heterocycles. The van der Waals surface area contributed by atoms with Gasteiger partial charge < -0.3 is 9.47 Å². The molecule has 0 unspecified atom stereocenters. The number of esters is 2. The Bertz CT molecular complexity index is 389. The molecule has 0 aliphatic heterocycles. The molecule has 176 valence electrons. The van der Waals surface area contributed by atoms with Crippen LogP contribution in [-0.2, 0) is 19.1 Å². The Kier molecular flexibility index (Phi) is 23.9. The van der Waals surface area contributed by atoms with E-state index in [1.807, 2.05) is 0 Å². The molecule has 30 heavy (non-hydrogen) atoms. The third kappa shape index (κ3) is 23.5. The Morgan fingerprint density at radius 3 is 1.03 bits per heavy atom. The van der Waals surface area contributed by atoms with Crippen LogP contribution < -0.4 is 0 Å². The first kappa shape index (κ1) is 29.3. The van der Waals surface area contributed by atoms with Crippen molar-refractivity contribution in [3.63, 3.8) is 0 Å². The molecular weight excluding hydrogens is 423 g/mol. The lowest BCUT2D eigenvalue weighted by molar-refractivity contribution is -0.140. The molecule has 0 aromatic heterocycles. The molecule has 0 rings (SSSR count). The number of rotatable bonds is 22. The number of hydrogen-bond acceptors (Lipinski definition) is 4. The van der Waals surface area contributed by atoms with E-state index in [1.54, 1.807) is 0 Å². The summed E-state index contributed by atoms with van der Waals surface area (Å²) in [5.41, 5.74) is 0. The summed E-state index contributed by atoms with van der Waals surface area (Å²) in [7, 11) is 0. The standard InChI is InChI=1S/C24H42Cl2O4/c25-19-13-9-5-1-3-7-11-15-21-29-23(27)17-18-24(28)30-22-16-12-8-4-2-6-10-14-20-26/h17-18H,1-16,19-22H2/b18-17+. The Hall–Kier alpha value is -0.740. The minimum absolute atomic E-state index is 0.399. The summed E-state index contributed by atoms with van der Waals surface area (Å²) < 4.78 is 10.2. The Balaban J connectivity index is 3.41. The van der Waals surface area contributed by atoms with Gasteiger partial charge in [0.25, 0.3) is 0 Å². The monoisotopic (exact) mass is 464 g/mol. The summed E-state index contributed by atoms with van der Waals surface area (Å²) in [4.78, 5) is 23.2. The normalized spacial score (nSPS) is 11.1. The van der Waals surface area contributed by atoms with Crippen LogP contribution in [0.4, 0.5) is 0 Å². The molecule has 0 radical (unpaired) electrons. The third-order valence-corrected chi connectivity index (χ3v) is 5.43. The molecule has 6 heteroatoms. The zero-order chi connectivity index (χ0) is 22.1. The second-order valence-corrected chi connectivity index (χ2v) is 8.46. The van der Waals surface area contributed by atoms with Gasteiger partial charge in [-0.25, -0.2) is 9.59 Å². The largest absolute Gasteiger partial charge is 0.463 e. The first-order chi connectivity index (χ1) is 14.7. The number of ether oxygens (including phenoxy) is 2. The average molecular weight is 466 g/mol. The first-order valence-corrected chi connectivity index (χ1v) is 12.9. The summed E-state index contributed by atoms with van der Waals surface area (Å²) in [5.74, 6) is 0.548. The van der Waals surface area contributed by atoms with E-state index < -0.39 is 11.9 Å². The highest BCUT2D eigenvalue weighted by Gasteiger charge is 2.01. The number of halogens is 2. The fraction of sp³-hybridized carbons (Fsp3) is 0.833. The molecule has 0 saturated carbocycles. The van der Waals surface area contributed by atoms with Crippen LogP contribution in [0.3, 0.4) is 0 Å². The second-order valence-electron chi connectivity index (χ2n) is 7.70. The average Bonchev–Trinajstić information content (AvgIpc) is 2.75. The van der Waals surface area contributed by atoms with Gasteiger partial charge in [0.05, 0.1) is 13.2 Å². The van der Waals surface area contributed by atoms with E-state index >= 15 is 0 Å². The van der Waals surface area contributed by atoms with Crippen molar-refractivity contribution in [2.24, 2.45) is 0 Å². The van der Waals surface area contributed by atoms with Crippen LogP contribution in [0.1, 0.15) is 103 Å². The molecule has 0 N–H and O–H groups in total. The molecular formula is C24H42Cl2O4. The third-order valence-electron chi connectivity index (χ3n) is 4.90. The number of carbonyl (C=O) groups is 2. The van der Waals surface area contributed by atoms with E-state index in [-0.39, 0.29) is 0 Å². The molecule has 0 aliphatic carbocycles. The van der Waals surface area contributed by atoms with Crippen molar-refractivity contribution in [3.8, 4) is 0 Å². The summed E-state index contributed by atoms with van der Waals surface area (Å²) in [6, 6.07) is 0. The van der Waals surface area contributed by atoms with Crippen LogP contribution >= 0.6 is 23.2 Å². The Labute approximate surface area is 194 Å². The van der Waals surface area contributed by atoms with Gasteiger partial charge in [0.2, 0.25) is 0 Å². The molecule has 0 aromatic carbocycles. The van der Waals surface area contributed by atoms with E-state index in [2.05, 4.69) is 0 Å². The van der Waals surface area contributed by atoms with Gasteiger partial charge in [-0.3, -0.25) is 0 Å². The minimum atomic E-state index is -0.484. The summed E-state index contributed by atoms with van der Waals surface area (Å²) in [6.45, 7) is 0.798. The van der Waals surface area contributed by atoms with E-state index in [0.29, 0.717) is 13.2 Å². The predicted octanol–water partition coefficient (Wildman–Crippen LogP) is 7.35. The number of unbranched alkanes of at least 4 members (excludes halogenated alkanes) is 14. The van der Waals surface area contributed by atoms with Crippen LogP contribution in [0.2, 0.25) is 0 Å². The van der Waals surface area contributed by atoms with Crippen LogP contribution in [-0.4, -0.2) is 36.9 Å². The van der Waals surface area contributed by atoms with Crippen molar-refractivity contribution in [3.05, 3.63) is 12.2 Å². The fourth-order valence-corrected chi connectivity index (χ4v) is 3.47. The van der Waals surface area contributed by atoms with Crippen molar-refractivity contribution in [2.75, 3.05) is 25.0 Å². The van der Waals surface area contributed by atoms with Gasteiger partial charge in [-0.1, -0.05) is 77.0 Å². The van der Waals surface area contributed by atoms with Crippen molar-refractivity contribution in [1.82, 2.24) is 0 Å². The van der Waals surface area contributed by atoms with E-state index in [4.69, 9.17) is 32.7 Å². The summed E-state index contributed by atoms with van der Waals surface area (Å²) in [5, 5.41) is 0. The fourth-order valence-electron chi connectivity index (χ4n) is 3.09. The zero-order valence-corrected chi connectivity index (χ0v) is 20.2. The van der Waals surface area contributed by atoms with Crippen LogP contribution in [0.5, 0.6) is 0 Å². The number of carbonyl (C=O) groups excluding carboxylic acids is 2. The molecule has 0 spiro atoms. The highest BCUT2D eigenvalue weighted by molar-refractivity contribution is 6.18. The molecule has 0 saturated heterocycles. The SMILES string of the molecule is O=C(/C=C/C(=O)OCCCCCCCCCCCl)OCCCCCCCCCCCl. The van der Waals surface area contributed by atoms with Gasteiger partial charge in [-0.05, 0) is 25.7 Å². The maximum atomic E-state index is 11.6. The summed E-state index contributed by atoms with van der Waals surface area (Å²) in [6.07, 6.45) is 20.5. The molecule has 4 nitrogen and oxygen atoms in total. The molecule has 0 aliphatic rings. The highest BCUT2D eigenvalue weighted by atomic mass is 35.5. The molecule has 0 amide bonds. The van der Waals surface area contributed by atoms with Crippen molar-refractivity contribution in [1.29, 1.82) is 0 Å². The van der Waals surface area contributed by atoms with Crippen molar-refractivity contribution < 1.29 is 19.1 Å². The molecule has 0 fully saturated rings. The smallest absolute Gasteiger partial charge is 0.331 e. The number of alkyl halides is 2. The van der Waals surface area contributed by atoms with Gasteiger partial charge in [0.1, 0.15) is 0 Å². The van der Waals surface area contributed by atoms with E-state index in [9.17, 15) is 9.59 Å². The summed E-state index contributed by atoms with van der Waals surface area (Å²) >= 11 is 11.3. The molecule has 0 atom stereocenters. The Morgan fingerprint density at radius 2 is 0.733 bits per heavy atom. The number of hydrogen-bond donors (Lipinski definition) is 0. The maximum Gasteiger partial charge on any atom is 0.331 e. The van der Waals surface area contributed by atoms with Gasteiger partial charge >= 0.3 is 11.9 Å². The van der Waals surface area contributed by atoms with Crippen molar-refractivity contribution in [2.45, 2.75) is 103 Å². The van der Waals surface area contributed by atoms with Gasteiger partial charge in [-0.15, -0.1) is 23.2 Å². The Morgan fingerprint density at radius 1 is 0.467 bits per heavy atom. The van der Waals surface area contributed by atoms with E-state index in [1.165, 1.54) is 51.4 Å². The van der Waals surface area contributed by atoms with E-state index in [0.717, 1.165) is 75.3 Å². The molecule has 0 aromatic rings. The zero-order valence-electron chi connectivity index (χ0n) is 18.7. The maximum absolute atomic E-state index is 11.6. The van der Waals surface area contributed by atoms with Crippen LogP contribution in [0.25, 0.3) is 0 Å². The van der Waals surface area contributed by atoms with Crippen LogP contribution in [0.15, 0.2) is 12.2 Å². The lowest BCUT2D eigenvalue weighted by atomic mass is 10.1. The van der Waals surface area contributed by atoms with Gasteiger partial charge in [0, 0.05) is 23.9 Å².